The van der Waals surface area contributed by atoms with Crippen LogP contribution in [0.1, 0.15) is 11.1 Å². The molecule has 0 saturated carbocycles. The Balaban J connectivity index is 1.78. The lowest BCUT2D eigenvalue weighted by atomic mass is 10.1. The number of aromatic nitrogens is 2. The molecule has 0 aliphatic carbocycles. The number of anilines is 1. The smallest absolute Gasteiger partial charge is 0.336 e. The number of amides is 1. The van der Waals surface area contributed by atoms with Gasteiger partial charge in [0, 0.05) is 11.8 Å². The molecule has 0 saturated heterocycles. The average Bonchev–Trinajstić information content (AvgIpc) is 3.24. The van der Waals surface area contributed by atoms with Crippen LogP contribution in [-0.2, 0) is 11.3 Å². The van der Waals surface area contributed by atoms with Crippen LogP contribution in [0.3, 0.4) is 0 Å². The van der Waals surface area contributed by atoms with Crippen LogP contribution in [0.2, 0.25) is 0 Å². The van der Waals surface area contributed by atoms with Gasteiger partial charge in [-0.1, -0.05) is 12.1 Å². The first-order valence-electron chi connectivity index (χ1n) is 9.74. The number of nitrogens with zero attached hydrogens (tertiary/aromatic N) is 2. The molecule has 0 atom stereocenters. The predicted octanol–water partition coefficient (Wildman–Crippen LogP) is 3.62. The van der Waals surface area contributed by atoms with Crippen molar-refractivity contribution >= 4 is 33.1 Å². The van der Waals surface area contributed by atoms with E-state index >= 15 is 0 Å². The Morgan fingerprint density at radius 3 is 2.62 bits per heavy atom. The summed E-state index contributed by atoms with van der Waals surface area (Å²) in [6.07, 6.45) is 0. The molecule has 164 valence electrons. The zero-order valence-corrected chi connectivity index (χ0v) is 18.5. The number of hydrogen-bond acceptors (Lipinski definition) is 5. The molecule has 4 rings (SSSR count). The zero-order chi connectivity index (χ0) is 23.0. The molecule has 0 aliphatic heterocycles. The minimum absolute atomic E-state index is 0.0554. The van der Waals surface area contributed by atoms with Gasteiger partial charge >= 0.3 is 5.69 Å². The fourth-order valence-electron chi connectivity index (χ4n) is 3.50. The van der Waals surface area contributed by atoms with Gasteiger partial charge in [0.25, 0.3) is 5.56 Å². The Morgan fingerprint density at radius 1 is 1.12 bits per heavy atom. The maximum atomic E-state index is 13.9. The summed E-state index contributed by atoms with van der Waals surface area (Å²) < 4.78 is 21.5. The van der Waals surface area contributed by atoms with Gasteiger partial charge in [-0.05, 0) is 54.6 Å². The summed E-state index contributed by atoms with van der Waals surface area (Å²) in [5, 5.41) is 4.28. The highest BCUT2D eigenvalue weighted by molar-refractivity contribution is 7.17. The average molecular weight is 453 g/mol. The highest BCUT2D eigenvalue weighted by Gasteiger charge is 2.19. The molecule has 2 aromatic heterocycles. The molecular weight excluding hydrogens is 433 g/mol. The quantitative estimate of drug-likeness (QED) is 0.501. The monoisotopic (exact) mass is 453 g/mol. The van der Waals surface area contributed by atoms with Gasteiger partial charge in [-0.3, -0.25) is 14.2 Å². The van der Waals surface area contributed by atoms with E-state index in [0.29, 0.717) is 15.9 Å². The van der Waals surface area contributed by atoms with E-state index in [9.17, 15) is 18.8 Å². The molecule has 0 fully saturated rings. The Morgan fingerprint density at radius 2 is 1.91 bits per heavy atom. The van der Waals surface area contributed by atoms with E-state index in [1.165, 1.54) is 35.1 Å². The number of methoxy groups -OCH3 is 1. The highest BCUT2D eigenvalue weighted by Crippen LogP contribution is 2.21. The summed E-state index contributed by atoms with van der Waals surface area (Å²) in [6, 6.07) is 11.2. The van der Waals surface area contributed by atoms with Crippen molar-refractivity contribution < 1.29 is 13.9 Å². The van der Waals surface area contributed by atoms with Crippen LogP contribution in [-0.4, -0.2) is 22.2 Å². The zero-order valence-electron chi connectivity index (χ0n) is 17.6. The third-order valence-electron chi connectivity index (χ3n) is 5.10. The van der Waals surface area contributed by atoms with Gasteiger partial charge in [0.15, 0.2) is 11.6 Å². The van der Waals surface area contributed by atoms with Crippen LogP contribution in [0.25, 0.3) is 15.9 Å². The summed E-state index contributed by atoms with van der Waals surface area (Å²) in [5.74, 6) is -1.10. The summed E-state index contributed by atoms with van der Waals surface area (Å²) in [7, 11) is 1.35. The lowest BCUT2D eigenvalue weighted by Gasteiger charge is -2.14. The number of fused-ring (bicyclic) bond motifs is 1. The lowest BCUT2D eigenvalue weighted by Crippen LogP contribution is -2.40. The number of thiophene rings is 1. The molecule has 1 amide bonds. The molecule has 7 nitrogen and oxygen atoms in total. The van der Waals surface area contributed by atoms with Crippen LogP contribution in [0.15, 0.2) is 57.4 Å². The second-order valence-electron chi connectivity index (χ2n) is 7.33. The minimum atomic E-state index is -0.620. The van der Waals surface area contributed by atoms with Crippen LogP contribution < -0.4 is 21.3 Å². The first-order valence-corrected chi connectivity index (χ1v) is 10.6. The van der Waals surface area contributed by atoms with Gasteiger partial charge in [0.05, 0.1) is 18.3 Å². The molecule has 2 heterocycles. The molecule has 0 unspecified atom stereocenters. The second kappa shape index (κ2) is 8.43. The first kappa shape index (κ1) is 21.5. The van der Waals surface area contributed by atoms with Crippen molar-refractivity contribution in [3.05, 3.63) is 85.6 Å². The molecule has 4 aromatic rings. The molecule has 0 spiro atoms. The van der Waals surface area contributed by atoms with Crippen LogP contribution in [0.4, 0.5) is 10.1 Å². The fraction of sp³-hybridized carbons (Fsp3) is 0.174. The number of carbonyl (C=O) groups excluding carboxylic acids is 1. The number of carbonyl (C=O) groups is 1. The van der Waals surface area contributed by atoms with Crippen molar-refractivity contribution in [2.45, 2.75) is 20.4 Å². The molecule has 9 heteroatoms. The maximum Gasteiger partial charge on any atom is 0.336 e. The van der Waals surface area contributed by atoms with Crippen molar-refractivity contribution in [1.82, 2.24) is 9.13 Å². The molecule has 2 aromatic carbocycles. The van der Waals surface area contributed by atoms with Crippen LogP contribution in [0.5, 0.6) is 5.75 Å². The third-order valence-corrected chi connectivity index (χ3v) is 5.99. The number of halogens is 1. The Hall–Kier alpha value is -3.72. The van der Waals surface area contributed by atoms with E-state index < -0.39 is 23.0 Å². The predicted molar refractivity (Wildman–Crippen MR) is 123 cm³/mol. The van der Waals surface area contributed by atoms with E-state index in [0.717, 1.165) is 21.8 Å². The Bertz CT molecular complexity index is 1470. The van der Waals surface area contributed by atoms with Crippen molar-refractivity contribution in [1.29, 1.82) is 0 Å². The lowest BCUT2D eigenvalue weighted by molar-refractivity contribution is -0.116. The number of ether oxygens (including phenoxy) is 1. The van der Waals surface area contributed by atoms with Gasteiger partial charge in [0.1, 0.15) is 11.2 Å². The molecule has 0 bridgehead atoms. The highest BCUT2D eigenvalue weighted by atomic mass is 32.1. The van der Waals surface area contributed by atoms with Crippen molar-refractivity contribution in [3.8, 4) is 11.4 Å². The van der Waals surface area contributed by atoms with Gasteiger partial charge in [-0.2, -0.15) is 0 Å². The van der Waals surface area contributed by atoms with Gasteiger partial charge in [-0.15, -0.1) is 11.3 Å². The van der Waals surface area contributed by atoms with Crippen LogP contribution >= 0.6 is 11.3 Å². The SMILES string of the molecule is COc1ccc(NC(=O)Cn2c(=O)n(-c3cc(C)ccc3C)c(=O)c3sccc32)cc1F. The summed E-state index contributed by atoms with van der Waals surface area (Å²) in [6.45, 7) is 3.34. The standard InChI is InChI=1S/C23H20FN3O4S/c1-13-4-5-14(2)18(10-13)27-22(29)21-17(8-9-32-21)26(23(27)30)12-20(28)25-15-6-7-19(31-3)16(24)11-15/h4-11H,12H2,1-3H3,(H,25,28). The van der Waals surface area contributed by atoms with Gasteiger partial charge in [-0.25, -0.2) is 13.8 Å². The van der Waals surface area contributed by atoms with Crippen molar-refractivity contribution in [2.75, 3.05) is 12.4 Å². The number of aryl methyl sites for hydroxylation is 2. The van der Waals surface area contributed by atoms with E-state index in [4.69, 9.17) is 4.74 Å². The topological polar surface area (TPSA) is 82.3 Å². The molecule has 0 aliphatic rings. The number of rotatable bonds is 5. The molecule has 1 N–H and O–H groups in total. The maximum absolute atomic E-state index is 13.9. The number of hydrogen-bond donors (Lipinski definition) is 1. The van der Waals surface area contributed by atoms with E-state index in [-0.39, 0.29) is 18.0 Å². The molecule has 32 heavy (non-hydrogen) atoms. The largest absolute Gasteiger partial charge is 0.494 e. The van der Waals surface area contributed by atoms with E-state index in [1.807, 2.05) is 26.0 Å². The summed E-state index contributed by atoms with van der Waals surface area (Å²) in [5.41, 5.74) is 1.69. The second-order valence-corrected chi connectivity index (χ2v) is 8.25. The van der Waals surface area contributed by atoms with Gasteiger partial charge < -0.3 is 10.1 Å². The minimum Gasteiger partial charge on any atom is -0.494 e. The third kappa shape index (κ3) is 3.82. The van der Waals surface area contributed by atoms with E-state index in [1.54, 1.807) is 17.5 Å². The van der Waals surface area contributed by atoms with Crippen molar-refractivity contribution in [3.63, 3.8) is 0 Å². The van der Waals surface area contributed by atoms with Crippen molar-refractivity contribution in [2.24, 2.45) is 0 Å². The first-order chi connectivity index (χ1) is 15.3. The normalized spacial score (nSPS) is 11.0. The molecule has 0 radical (unpaired) electrons. The summed E-state index contributed by atoms with van der Waals surface area (Å²) >= 11 is 1.20. The van der Waals surface area contributed by atoms with E-state index in [2.05, 4.69) is 5.32 Å². The number of nitrogens with one attached hydrogen (secondary N) is 1. The van der Waals surface area contributed by atoms with Crippen LogP contribution in [0, 0.1) is 19.7 Å². The fourth-order valence-corrected chi connectivity index (χ4v) is 4.33. The Kier molecular flexibility index (Phi) is 5.67. The Labute approximate surface area is 186 Å². The number of benzene rings is 2. The van der Waals surface area contributed by atoms with Gasteiger partial charge in [0.2, 0.25) is 5.91 Å². The summed E-state index contributed by atoms with van der Waals surface area (Å²) in [4.78, 5) is 39.2. The molecular formula is C23H20FN3O4S.